The van der Waals surface area contributed by atoms with E-state index in [2.05, 4.69) is 16.5 Å². The molecule has 0 bridgehead atoms. The molecule has 0 amide bonds. The van der Waals surface area contributed by atoms with Crippen LogP contribution in [-0.2, 0) is 16.1 Å². The molecule has 19 heavy (non-hydrogen) atoms. The lowest BCUT2D eigenvalue weighted by Gasteiger charge is -2.08. The molecule has 1 aromatic heterocycles. The van der Waals surface area contributed by atoms with Crippen LogP contribution in [-0.4, -0.2) is 27.4 Å². The minimum absolute atomic E-state index is 0.0712. The average molecular weight is 278 g/mol. The van der Waals surface area contributed by atoms with Crippen molar-refractivity contribution >= 4 is 28.8 Å². The second-order valence-corrected chi connectivity index (χ2v) is 5.40. The zero-order valence-electron chi connectivity index (χ0n) is 11.4. The van der Waals surface area contributed by atoms with Crippen LogP contribution in [0.2, 0.25) is 0 Å². The standard InChI is InChI=1S/C14H18N2O2S/c1-4-16-12-8-6-5-7-11(12)15-14(16)19-9-13(17)18-10(2)3/h5-8,10H,4,9H2,1-3H3. The van der Waals surface area contributed by atoms with E-state index in [1.807, 2.05) is 38.1 Å². The number of esters is 1. The second kappa shape index (κ2) is 6.10. The summed E-state index contributed by atoms with van der Waals surface area (Å²) < 4.78 is 7.24. The van der Waals surface area contributed by atoms with Crippen LogP contribution in [0.5, 0.6) is 0 Å². The van der Waals surface area contributed by atoms with Gasteiger partial charge in [-0.25, -0.2) is 4.98 Å². The van der Waals surface area contributed by atoms with Gasteiger partial charge in [0.05, 0.1) is 22.9 Å². The predicted molar refractivity (Wildman–Crippen MR) is 77.4 cm³/mol. The largest absolute Gasteiger partial charge is 0.462 e. The van der Waals surface area contributed by atoms with Gasteiger partial charge < -0.3 is 9.30 Å². The molecule has 1 aromatic carbocycles. The molecule has 0 aliphatic rings. The normalized spacial score (nSPS) is 11.2. The molecule has 2 aromatic rings. The van der Waals surface area contributed by atoms with Crippen LogP contribution < -0.4 is 0 Å². The Morgan fingerprint density at radius 2 is 2.16 bits per heavy atom. The van der Waals surface area contributed by atoms with Crippen molar-refractivity contribution in [2.24, 2.45) is 0 Å². The maximum Gasteiger partial charge on any atom is 0.316 e. The fourth-order valence-corrected chi connectivity index (χ4v) is 2.75. The number of hydrogen-bond donors (Lipinski definition) is 0. The van der Waals surface area contributed by atoms with Gasteiger partial charge in [-0.2, -0.15) is 0 Å². The zero-order valence-corrected chi connectivity index (χ0v) is 12.2. The van der Waals surface area contributed by atoms with Gasteiger partial charge in [0, 0.05) is 6.54 Å². The van der Waals surface area contributed by atoms with Gasteiger partial charge in [-0.3, -0.25) is 4.79 Å². The number of nitrogens with zero attached hydrogens (tertiary/aromatic N) is 2. The third-order valence-electron chi connectivity index (χ3n) is 2.62. The predicted octanol–water partition coefficient (Wildman–Crippen LogP) is 3.10. The van der Waals surface area contributed by atoms with Crippen molar-refractivity contribution in [1.29, 1.82) is 0 Å². The summed E-state index contributed by atoms with van der Waals surface area (Å²) in [4.78, 5) is 16.1. The summed E-state index contributed by atoms with van der Waals surface area (Å²) in [6.07, 6.45) is -0.0712. The minimum atomic E-state index is -0.199. The molecule has 0 saturated carbocycles. The third-order valence-corrected chi connectivity index (χ3v) is 3.57. The molecule has 102 valence electrons. The number of aromatic nitrogens is 2. The lowest BCUT2D eigenvalue weighted by molar-refractivity contribution is -0.144. The highest BCUT2D eigenvalue weighted by Crippen LogP contribution is 2.24. The summed E-state index contributed by atoms with van der Waals surface area (Å²) in [5.41, 5.74) is 2.06. The zero-order chi connectivity index (χ0) is 13.8. The van der Waals surface area contributed by atoms with E-state index in [4.69, 9.17) is 4.74 Å². The van der Waals surface area contributed by atoms with E-state index >= 15 is 0 Å². The van der Waals surface area contributed by atoms with Crippen molar-refractivity contribution < 1.29 is 9.53 Å². The van der Waals surface area contributed by atoms with Gasteiger partial charge in [-0.15, -0.1) is 0 Å². The van der Waals surface area contributed by atoms with Crippen LogP contribution in [0.15, 0.2) is 29.4 Å². The third kappa shape index (κ3) is 3.29. The number of rotatable bonds is 5. The highest BCUT2D eigenvalue weighted by molar-refractivity contribution is 7.99. The highest BCUT2D eigenvalue weighted by Gasteiger charge is 2.12. The van der Waals surface area contributed by atoms with Crippen LogP contribution in [0.25, 0.3) is 11.0 Å². The number of thioether (sulfide) groups is 1. The van der Waals surface area contributed by atoms with Crippen molar-refractivity contribution in [2.45, 2.75) is 38.6 Å². The Kier molecular flexibility index (Phi) is 4.47. The molecule has 5 heteroatoms. The molecular formula is C14H18N2O2S. The van der Waals surface area contributed by atoms with Gasteiger partial charge in [0.25, 0.3) is 0 Å². The van der Waals surface area contributed by atoms with Gasteiger partial charge in [0.2, 0.25) is 0 Å². The van der Waals surface area contributed by atoms with Crippen molar-refractivity contribution in [2.75, 3.05) is 5.75 Å². The molecule has 0 spiro atoms. The van der Waals surface area contributed by atoms with Crippen LogP contribution in [0.3, 0.4) is 0 Å². The van der Waals surface area contributed by atoms with E-state index in [9.17, 15) is 4.79 Å². The number of imidazole rings is 1. The number of benzene rings is 1. The minimum Gasteiger partial charge on any atom is -0.462 e. The molecule has 0 unspecified atom stereocenters. The summed E-state index contributed by atoms with van der Waals surface area (Å²) >= 11 is 1.42. The number of carbonyl (C=O) groups excluding carboxylic acids is 1. The Morgan fingerprint density at radius 3 is 2.84 bits per heavy atom. The van der Waals surface area contributed by atoms with Crippen LogP contribution in [0.4, 0.5) is 0 Å². The molecule has 0 aliphatic heterocycles. The van der Waals surface area contributed by atoms with Crippen LogP contribution in [0, 0.1) is 0 Å². The fraction of sp³-hybridized carbons (Fsp3) is 0.429. The first-order valence-electron chi connectivity index (χ1n) is 6.39. The summed E-state index contributed by atoms with van der Waals surface area (Å²) in [6.45, 7) is 6.61. The van der Waals surface area contributed by atoms with Crippen molar-refractivity contribution in [3.05, 3.63) is 24.3 Å². The van der Waals surface area contributed by atoms with Crippen molar-refractivity contribution in [1.82, 2.24) is 9.55 Å². The summed E-state index contributed by atoms with van der Waals surface area (Å²) in [7, 11) is 0. The van der Waals surface area contributed by atoms with Crippen molar-refractivity contribution in [3.8, 4) is 0 Å². The number of carbonyl (C=O) groups is 1. The first-order valence-corrected chi connectivity index (χ1v) is 7.38. The highest BCUT2D eigenvalue weighted by atomic mass is 32.2. The van der Waals surface area contributed by atoms with Gasteiger partial charge in [0.15, 0.2) is 5.16 Å². The van der Waals surface area contributed by atoms with E-state index in [0.29, 0.717) is 5.75 Å². The van der Waals surface area contributed by atoms with E-state index in [-0.39, 0.29) is 12.1 Å². The lowest BCUT2D eigenvalue weighted by Crippen LogP contribution is -2.13. The van der Waals surface area contributed by atoms with Gasteiger partial charge in [-0.1, -0.05) is 23.9 Å². The van der Waals surface area contributed by atoms with Crippen LogP contribution >= 0.6 is 11.8 Å². The topological polar surface area (TPSA) is 44.1 Å². The first-order chi connectivity index (χ1) is 9.11. The molecule has 0 fully saturated rings. The molecule has 4 nitrogen and oxygen atoms in total. The molecule has 0 radical (unpaired) electrons. The Morgan fingerprint density at radius 1 is 1.42 bits per heavy atom. The molecule has 1 heterocycles. The van der Waals surface area contributed by atoms with E-state index < -0.39 is 0 Å². The number of ether oxygens (including phenoxy) is 1. The summed E-state index contributed by atoms with van der Waals surface area (Å²) in [5.74, 6) is 0.0938. The number of fused-ring (bicyclic) bond motifs is 1. The number of hydrogen-bond acceptors (Lipinski definition) is 4. The second-order valence-electron chi connectivity index (χ2n) is 4.45. The quantitative estimate of drug-likeness (QED) is 0.622. The molecule has 0 atom stereocenters. The molecular weight excluding hydrogens is 260 g/mol. The monoisotopic (exact) mass is 278 g/mol. The molecule has 2 rings (SSSR count). The smallest absolute Gasteiger partial charge is 0.316 e. The average Bonchev–Trinajstić information content (AvgIpc) is 2.73. The maximum atomic E-state index is 11.6. The number of para-hydroxylation sites is 2. The Hall–Kier alpha value is -1.49. The SMILES string of the molecule is CCn1c(SCC(=O)OC(C)C)nc2ccccc21. The van der Waals surface area contributed by atoms with E-state index in [1.54, 1.807) is 0 Å². The summed E-state index contributed by atoms with van der Waals surface area (Å²) in [5, 5.41) is 0.865. The first kappa shape index (κ1) is 13.9. The maximum absolute atomic E-state index is 11.6. The van der Waals surface area contributed by atoms with Gasteiger partial charge in [0.1, 0.15) is 0 Å². The molecule has 0 aliphatic carbocycles. The van der Waals surface area contributed by atoms with E-state index in [1.165, 1.54) is 11.8 Å². The summed E-state index contributed by atoms with van der Waals surface area (Å²) in [6, 6.07) is 7.99. The fourth-order valence-electron chi connectivity index (χ4n) is 1.89. The Labute approximate surface area is 117 Å². The van der Waals surface area contributed by atoms with Gasteiger partial charge >= 0.3 is 5.97 Å². The number of aryl methyl sites for hydroxylation is 1. The Bertz CT molecular complexity index is 578. The molecule has 0 N–H and O–H groups in total. The van der Waals surface area contributed by atoms with Gasteiger partial charge in [-0.05, 0) is 32.9 Å². The van der Waals surface area contributed by atoms with E-state index in [0.717, 1.165) is 22.7 Å². The lowest BCUT2D eigenvalue weighted by atomic mass is 10.3. The Balaban J connectivity index is 2.14. The molecule has 0 saturated heterocycles. The van der Waals surface area contributed by atoms with Crippen molar-refractivity contribution in [3.63, 3.8) is 0 Å². The van der Waals surface area contributed by atoms with Crippen LogP contribution in [0.1, 0.15) is 20.8 Å².